The number of aromatic nitrogens is 3. The average Bonchev–Trinajstić information content (AvgIpc) is 3.87. The fraction of sp³-hybridized carbons (Fsp3) is 0.500. The maximum absolute atomic E-state index is 13.5. The highest BCUT2D eigenvalue weighted by Gasteiger charge is 2.33. The van der Waals surface area contributed by atoms with Crippen molar-refractivity contribution in [3.8, 4) is 5.75 Å². The topological polar surface area (TPSA) is 139 Å². The minimum absolute atomic E-state index is 0.0803. The van der Waals surface area contributed by atoms with E-state index in [1.807, 2.05) is 53.8 Å². The van der Waals surface area contributed by atoms with E-state index in [1.54, 1.807) is 37.2 Å². The number of hydrogen-bond acceptors (Lipinski definition) is 9. The van der Waals surface area contributed by atoms with Crippen LogP contribution >= 0.6 is 0 Å². The summed E-state index contributed by atoms with van der Waals surface area (Å²) >= 11 is 0. The fourth-order valence-electron chi connectivity index (χ4n) is 5.80. The molecule has 1 saturated heterocycles. The molecule has 2 N–H and O–H groups in total. The molecule has 1 aliphatic carbocycles. The minimum atomic E-state index is -0.573. The number of nitrogens with zero attached hydrogens (tertiary/aromatic N) is 5. The van der Waals surface area contributed by atoms with Crippen LogP contribution in [0.2, 0.25) is 0 Å². The summed E-state index contributed by atoms with van der Waals surface area (Å²) in [4.78, 5) is 56.9. The maximum atomic E-state index is 13.5. The van der Waals surface area contributed by atoms with E-state index < -0.39 is 17.6 Å². The lowest BCUT2D eigenvalue weighted by atomic mass is 10.0. The molecule has 2 aliphatic rings. The van der Waals surface area contributed by atoms with Crippen LogP contribution in [0.4, 0.5) is 10.6 Å². The molecule has 48 heavy (non-hydrogen) atoms. The number of nitrogens with one attached hydrogen (secondary N) is 2. The predicted octanol–water partition coefficient (Wildman–Crippen LogP) is 5.35. The zero-order valence-electron chi connectivity index (χ0n) is 29.2. The van der Waals surface area contributed by atoms with Gasteiger partial charge in [0.05, 0.1) is 11.3 Å². The SMILES string of the molecule is CNC(=O)c1cc(C(=O)Nc2nc(C)ncc2C)c(C)cc1O[C@H](CN1CCN(C(=O)OC(C)(C)C)[C@H](C)C1)c1ccc(C2CC2)cn1. The molecule has 1 aromatic carbocycles. The van der Waals surface area contributed by atoms with Gasteiger partial charge in [0.1, 0.15) is 23.0 Å². The smallest absolute Gasteiger partial charge is 0.410 e. The molecule has 3 heterocycles. The van der Waals surface area contributed by atoms with Crippen molar-refractivity contribution >= 4 is 23.7 Å². The number of carbonyl (C=O) groups is 3. The number of hydrogen-bond donors (Lipinski definition) is 2. The highest BCUT2D eigenvalue weighted by atomic mass is 16.6. The van der Waals surface area contributed by atoms with Gasteiger partial charge < -0.3 is 25.0 Å². The molecular weight excluding hydrogens is 610 g/mol. The van der Waals surface area contributed by atoms with Gasteiger partial charge in [-0.15, -0.1) is 0 Å². The van der Waals surface area contributed by atoms with Gasteiger partial charge in [-0.25, -0.2) is 14.8 Å². The quantitative estimate of drug-likeness (QED) is 0.312. The molecule has 5 rings (SSSR count). The molecule has 0 radical (unpaired) electrons. The monoisotopic (exact) mass is 657 g/mol. The van der Waals surface area contributed by atoms with Crippen molar-refractivity contribution in [3.05, 3.63) is 76.0 Å². The summed E-state index contributed by atoms with van der Waals surface area (Å²) in [5, 5.41) is 5.55. The molecule has 0 spiro atoms. The van der Waals surface area contributed by atoms with Gasteiger partial charge in [0.2, 0.25) is 0 Å². The van der Waals surface area contributed by atoms with Crippen molar-refractivity contribution in [2.75, 3.05) is 38.5 Å². The largest absolute Gasteiger partial charge is 0.482 e. The second kappa shape index (κ2) is 14.3. The molecule has 1 saturated carbocycles. The molecule has 3 aromatic rings. The zero-order valence-corrected chi connectivity index (χ0v) is 29.2. The van der Waals surface area contributed by atoms with Crippen LogP contribution in [0.15, 0.2) is 36.7 Å². The Hall–Kier alpha value is -4.58. The highest BCUT2D eigenvalue weighted by molar-refractivity contribution is 6.07. The molecule has 0 bridgehead atoms. The number of anilines is 1. The van der Waals surface area contributed by atoms with Gasteiger partial charge in [-0.05, 0) is 96.6 Å². The fourth-order valence-corrected chi connectivity index (χ4v) is 5.80. The normalized spacial score (nSPS) is 17.4. The van der Waals surface area contributed by atoms with Crippen LogP contribution in [0.5, 0.6) is 5.75 Å². The van der Waals surface area contributed by atoms with Gasteiger partial charge in [-0.2, -0.15) is 0 Å². The van der Waals surface area contributed by atoms with E-state index in [9.17, 15) is 14.4 Å². The van der Waals surface area contributed by atoms with Crippen LogP contribution in [-0.2, 0) is 4.74 Å². The number of piperazine rings is 1. The van der Waals surface area contributed by atoms with Crippen molar-refractivity contribution in [2.24, 2.45) is 0 Å². The minimum Gasteiger partial charge on any atom is -0.482 e. The van der Waals surface area contributed by atoms with E-state index >= 15 is 0 Å². The van der Waals surface area contributed by atoms with Gasteiger partial charge in [0.25, 0.3) is 11.8 Å². The van der Waals surface area contributed by atoms with Crippen LogP contribution in [-0.4, -0.2) is 87.5 Å². The Balaban J connectivity index is 1.41. The molecule has 2 fully saturated rings. The molecule has 1 aliphatic heterocycles. The summed E-state index contributed by atoms with van der Waals surface area (Å²) in [6.45, 7) is 15.2. The van der Waals surface area contributed by atoms with Crippen LogP contribution in [0, 0.1) is 20.8 Å². The standard InChI is InChI=1S/C36H47N7O5/c1-21-15-30(28(33(44)37-8)16-27(21)34(45)41-32-22(2)17-38-24(4)40-32)47-31(29-12-11-26(18-39-29)25-9-10-25)20-42-13-14-43(23(3)19-42)35(46)48-36(5,6)7/h11-12,15-18,23,25,31H,9-10,13-14,19-20H2,1-8H3,(H,37,44)(H,38,40,41,45)/t23-,31-/m1/s1. The molecule has 256 valence electrons. The number of amides is 3. The van der Waals surface area contributed by atoms with Crippen molar-refractivity contribution in [2.45, 2.75) is 85.0 Å². The first kappa shape index (κ1) is 34.7. The molecule has 0 unspecified atom stereocenters. The van der Waals surface area contributed by atoms with E-state index in [0.717, 1.165) is 11.3 Å². The molecule has 12 nitrogen and oxygen atoms in total. The highest BCUT2D eigenvalue weighted by Crippen LogP contribution is 2.40. The Morgan fingerprint density at radius 3 is 2.35 bits per heavy atom. The summed E-state index contributed by atoms with van der Waals surface area (Å²) in [5.74, 6) is 1.07. The number of carbonyl (C=O) groups excluding carboxylic acids is 3. The van der Waals surface area contributed by atoms with Crippen LogP contribution in [0.3, 0.4) is 0 Å². The van der Waals surface area contributed by atoms with Crippen LogP contribution < -0.4 is 15.4 Å². The van der Waals surface area contributed by atoms with Gasteiger partial charge >= 0.3 is 6.09 Å². The third kappa shape index (κ3) is 8.46. The molecule has 12 heteroatoms. The Morgan fingerprint density at radius 2 is 1.73 bits per heavy atom. The number of pyridine rings is 1. The molecule has 2 atom stereocenters. The Morgan fingerprint density at radius 1 is 0.979 bits per heavy atom. The average molecular weight is 658 g/mol. The maximum Gasteiger partial charge on any atom is 0.410 e. The number of rotatable bonds is 9. The lowest BCUT2D eigenvalue weighted by molar-refractivity contribution is -0.00317. The first-order valence-corrected chi connectivity index (χ1v) is 16.5. The van der Waals surface area contributed by atoms with Gasteiger partial charge in [-0.3, -0.25) is 19.5 Å². The van der Waals surface area contributed by atoms with Crippen molar-refractivity contribution in [3.63, 3.8) is 0 Å². The second-order valence-corrected chi connectivity index (χ2v) is 13.8. The molecule has 3 amide bonds. The first-order valence-electron chi connectivity index (χ1n) is 16.5. The van der Waals surface area contributed by atoms with E-state index in [-0.39, 0.29) is 23.6 Å². The van der Waals surface area contributed by atoms with Gasteiger partial charge in [0.15, 0.2) is 6.10 Å². The van der Waals surface area contributed by atoms with E-state index in [2.05, 4.69) is 31.6 Å². The second-order valence-electron chi connectivity index (χ2n) is 13.8. The zero-order chi connectivity index (χ0) is 34.7. The Kier molecular flexibility index (Phi) is 10.3. The van der Waals surface area contributed by atoms with Crippen molar-refractivity contribution in [1.82, 2.24) is 30.1 Å². The predicted molar refractivity (Wildman–Crippen MR) is 182 cm³/mol. The van der Waals surface area contributed by atoms with Crippen molar-refractivity contribution < 1.29 is 23.9 Å². The lowest BCUT2D eigenvalue weighted by Gasteiger charge is -2.41. The number of benzene rings is 1. The third-order valence-corrected chi connectivity index (χ3v) is 8.59. The van der Waals surface area contributed by atoms with E-state index in [0.29, 0.717) is 60.6 Å². The van der Waals surface area contributed by atoms with Crippen LogP contribution in [0.25, 0.3) is 0 Å². The summed E-state index contributed by atoms with van der Waals surface area (Å²) in [5.41, 5.74) is 3.28. The van der Waals surface area contributed by atoms with Crippen molar-refractivity contribution in [1.29, 1.82) is 0 Å². The van der Waals surface area contributed by atoms with E-state index in [1.165, 1.54) is 18.4 Å². The van der Waals surface area contributed by atoms with Gasteiger partial charge in [0, 0.05) is 62.8 Å². The van der Waals surface area contributed by atoms with E-state index in [4.69, 9.17) is 14.5 Å². The first-order chi connectivity index (χ1) is 22.7. The Bertz CT molecular complexity index is 1670. The third-order valence-electron chi connectivity index (χ3n) is 8.59. The lowest BCUT2D eigenvalue weighted by Crippen LogP contribution is -2.55. The summed E-state index contributed by atoms with van der Waals surface area (Å²) < 4.78 is 12.3. The summed E-state index contributed by atoms with van der Waals surface area (Å²) in [6, 6.07) is 7.31. The van der Waals surface area contributed by atoms with Crippen LogP contribution in [0.1, 0.15) is 101 Å². The Labute approximate surface area is 282 Å². The molecular formula is C36H47N7O5. The number of aryl methyl sites for hydroxylation is 3. The molecule has 2 aromatic heterocycles. The summed E-state index contributed by atoms with van der Waals surface area (Å²) in [6.07, 6.45) is 5.06. The van der Waals surface area contributed by atoms with Gasteiger partial charge in [-0.1, -0.05) is 6.07 Å². The number of ether oxygens (including phenoxy) is 2. The summed E-state index contributed by atoms with van der Waals surface area (Å²) in [7, 11) is 1.54.